The van der Waals surface area contributed by atoms with Crippen molar-refractivity contribution in [1.29, 1.82) is 0 Å². The van der Waals surface area contributed by atoms with Crippen molar-refractivity contribution in [3.05, 3.63) is 64.4 Å². The molecule has 0 aliphatic heterocycles. The third-order valence-corrected chi connectivity index (χ3v) is 4.74. The third-order valence-electron chi connectivity index (χ3n) is 3.40. The Kier molecular flexibility index (Phi) is 7.40. The summed E-state index contributed by atoms with van der Waals surface area (Å²) in [5, 5.41) is 3.29. The van der Waals surface area contributed by atoms with Crippen LogP contribution in [0, 0.1) is 5.82 Å². The zero-order valence-corrected chi connectivity index (χ0v) is 14.9. The first kappa shape index (κ1) is 18.6. The van der Waals surface area contributed by atoms with Crippen molar-refractivity contribution < 1.29 is 13.9 Å². The van der Waals surface area contributed by atoms with E-state index in [1.807, 2.05) is 24.3 Å². The number of carbonyl (C=O) groups excluding carboxylic acids is 1. The van der Waals surface area contributed by atoms with Crippen molar-refractivity contribution in [2.24, 2.45) is 0 Å². The number of hydrogen-bond donors (Lipinski definition) is 1. The first-order valence-electron chi connectivity index (χ1n) is 7.50. The largest absolute Gasteiger partial charge is 0.497 e. The average Bonchev–Trinajstić information content (AvgIpc) is 2.57. The lowest BCUT2D eigenvalue weighted by atomic mass is 10.1. The fraction of sp³-hybridized carbons (Fsp3) is 0.278. The zero-order valence-electron chi connectivity index (χ0n) is 13.4. The lowest BCUT2D eigenvalue weighted by Crippen LogP contribution is -2.27. The molecular weight excluding hydrogens is 349 g/mol. The fourth-order valence-corrected chi connectivity index (χ4v) is 3.30. The summed E-state index contributed by atoms with van der Waals surface area (Å²) in [5.74, 6) is 1.62. The Bertz CT molecular complexity index is 659. The maximum Gasteiger partial charge on any atom is 0.224 e. The maximum atomic E-state index is 13.6. The molecule has 0 heterocycles. The highest BCUT2D eigenvalue weighted by Gasteiger charge is 2.07. The number of hydrogen-bond acceptors (Lipinski definition) is 3. The Morgan fingerprint density at radius 1 is 1.25 bits per heavy atom. The van der Waals surface area contributed by atoms with Gasteiger partial charge in [0.05, 0.1) is 13.5 Å². The number of halogens is 2. The van der Waals surface area contributed by atoms with E-state index in [1.54, 1.807) is 19.2 Å². The van der Waals surface area contributed by atoms with Crippen molar-refractivity contribution in [2.75, 3.05) is 19.4 Å². The minimum Gasteiger partial charge on any atom is -0.497 e. The number of thioether (sulfide) groups is 1. The van der Waals surface area contributed by atoms with Crippen molar-refractivity contribution in [2.45, 2.75) is 12.2 Å². The first-order chi connectivity index (χ1) is 11.6. The highest BCUT2D eigenvalue weighted by molar-refractivity contribution is 7.98. The van der Waals surface area contributed by atoms with Gasteiger partial charge in [0.1, 0.15) is 11.6 Å². The summed E-state index contributed by atoms with van der Waals surface area (Å²) >= 11 is 7.50. The predicted molar refractivity (Wildman–Crippen MR) is 97.3 cm³/mol. The molecule has 3 nitrogen and oxygen atoms in total. The summed E-state index contributed by atoms with van der Waals surface area (Å²) in [6, 6.07) is 12.1. The molecule has 0 radical (unpaired) electrons. The van der Waals surface area contributed by atoms with E-state index in [0.29, 0.717) is 35.1 Å². The molecule has 0 unspecified atom stereocenters. The van der Waals surface area contributed by atoms with Gasteiger partial charge in [-0.1, -0.05) is 29.8 Å². The summed E-state index contributed by atoms with van der Waals surface area (Å²) in [4.78, 5) is 11.9. The first-order valence-corrected chi connectivity index (χ1v) is 9.03. The van der Waals surface area contributed by atoms with Crippen LogP contribution in [0.5, 0.6) is 5.75 Å². The number of ether oxygens (including phenoxy) is 1. The molecule has 0 bridgehead atoms. The number of nitrogens with one attached hydrogen (secondary N) is 1. The van der Waals surface area contributed by atoms with Crippen LogP contribution in [0.15, 0.2) is 42.5 Å². The van der Waals surface area contributed by atoms with Crippen LogP contribution < -0.4 is 10.1 Å². The lowest BCUT2D eigenvalue weighted by molar-refractivity contribution is -0.120. The van der Waals surface area contributed by atoms with Gasteiger partial charge >= 0.3 is 0 Å². The van der Waals surface area contributed by atoms with E-state index in [2.05, 4.69) is 5.32 Å². The SMILES string of the molecule is COc1ccc(CC(=O)NCCSCc2c(F)cccc2Cl)cc1. The monoisotopic (exact) mass is 367 g/mol. The predicted octanol–water partition coefficient (Wildman–Crippen LogP) is 4.08. The van der Waals surface area contributed by atoms with E-state index in [-0.39, 0.29) is 11.7 Å². The van der Waals surface area contributed by atoms with Crippen LogP contribution in [0.2, 0.25) is 5.02 Å². The van der Waals surface area contributed by atoms with Crippen LogP contribution >= 0.6 is 23.4 Å². The minimum absolute atomic E-state index is 0.0373. The topological polar surface area (TPSA) is 38.3 Å². The Balaban J connectivity index is 1.67. The molecule has 0 atom stereocenters. The summed E-state index contributed by atoms with van der Waals surface area (Å²) in [6.45, 7) is 0.533. The Hall–Kier alpha value is -1.72. The molecule has 0 saturated carbocycles. The van der Waals surface area contributed by atoms with Crippen molar-refractivity contribution in [3.8, 4) is 5.75 Å². The van der Waals surface area contributed by atoms with Gasteiger partial charge in [-0.25, -0.2) is 4.39 Å². The molecule has 2 aromatic rings. The third kappa shape index (κ3) is 5.73. The number of rotatable bonds is 8. The minimum atomic E-state index is -0.293. The van der Waals surface area contributed by atoms with E-state index >= 15 is 0 Å². The van der Waals surface area contributed by atoms with Gasteiger partial charge < -0.3 is 10.1 Å². The van der Waals surface area contributed by atoms with E-state index in [0.717, 1.165) is 11.3 Å². The fourth-order valence-electron chi connectivity index (χ4n) is 2.10. The average molecular weight is 368 g/mol. The zero-order chi connectivity index (χ0) is 17.4. The van der Waals surface area contributed by atoms with Crippen LogP contribution in [0.3, 0.4) is 0 Å². The second kappa shape index (κ2) is 9.55. The summed E-state index contributed by atoms with van der Waals surface area (Å²) in [6.07, 6.45) is 0.327. The standard InChI is InChI=1S/C18H19ClFNO2S/c1-23-14-7-5-13(6-8-14)11-18(22)21-9-10-24-12-15-16(19)3-2-4-17(15)20/h2-8H,9-12H2,1H3,(H,21,22). The highest BCUT2D eigenvalue weighted by atomic mass is 35.5. The van der Waals surface area contributed by atoms with Gasteiger partial charge in [-0.05, 0) is 29.8 Å². The van der Waals surface area contributed by atoms with Gasteiger partial charge in [-0.15, -0.1) is 0 Å². The van der Waals surface area contributed by atoms with Gasteiger partial charge in [-0.2, -0.15) is 11.8 Å². The normalized spacial score (nSPS) is 10.5. The molecular formula is C18H19ClFNO2S. The number of benzene rings is 2. The molecule has 1 amide bonds. The highest BCUT2D eigenvalue weighted by Crippen LogP contribution is 2.23. The van der Waals surface area contributed by atoms with Crippen molar-refractivity contribution in [3.63, 3.8) is 0 Å². The van der Waals surface area contributed by atoms with Crippen LogP contribution in [-0.4, -0.2) is 25.3 Å². The van der Waals surface area contributed by atoms with Crippen molar-refractivity contribution >= 4 is 29.3 Å². The van der Waals surface area contributed by atoms with Gasteiger partial charge in [-0.3, -0.25) is 4.79 Å². The molecule has 6 heteroatoms. The second-order valence-electron chi connectivity index (χ2n) is 5.13. The van der Waals surface area contributed by atoms with Gasteiger partial charge in [0.25, 0.3) is 0 Å². The van der Waals surface area contributed by atoms with E-state index in [9.17, 15) is 9.18 Å². The molecule has 0 aliphatic rings. The number of carbonyl (C=O) groups is 1. The molecule has 0 fully saturated rings. The van der Waals surface area contributed by atoms with Crippen LogP contribution in [-0.2, 0) is 17.0 Å². The van der Waals surface area contributed by atoms with E-state index < -0.39 is 0 Å². The van der Waals surface area contributed by atoms with Crippen molar-refractivity contribution in [1.82, 2.24) is 5.32 Å². The maximum absolute atomic E-state index is 13.6. The summed E-state index contributed by atoms with van der Waals surface area (Å²) in [5.41, 5.74) is 1.44. The molecule has 0 aromatic heterocycles. The van der Waals surface area contributed by atoms with Crippen LogP contribution in [0.25, 0.3) is 0 Å². The van der Waals surface area contributed by atoms with Crippen LogP contribution in [0.4, 0.5) is 4.39 Å². The molecule has 2 aromatic carbocycles. The molecule has 2 rings (SSSR count). The Labute approximate surface area is 150 Å². The van der Waals surface area contributed by atoms with E-state index in [4.69, 9.17) is 16.3 Å². The lowest BCUT2D eigenvalue weighted by Gasteiger charge is -2.07. The number of methoxy groups -OCH3 is 1. The van der Waals surface area contributed by atoms with Gasteiger partial charge in [0.15, 0.2) is 0 Å². The molecule has 1 N–H and O–H groups in total. The quantitative estimate of drug-likeness (QED) is 0.714. The summed E-state index contributed by atoms with van der Waals surface area (Å²) < 4.78 is 18.7. The smallest absolute Gasteiger partial charge is 0.224 e. The van der Waals surface area contributed by atoms with Gasteiger partial charge in [0.2, 0.25) is 5.91 Å². The Morgan fingerprint density at radius 2 is 2.00 bits per heavy atom. The molecule has 24 heavy (non-hydrogen) atoms. The molecule has 0 spiro atoms. The number of amides is 1. The van der Waals surface area contributed by atoms with E-state index in [1.165, 1.54) is 17.8 Å². The summed E-state index contributed by atoms with van der Waals surface area (Å²) in [7, 11) is 1.61. The molecule has 0 aliphatic carbocycles. The van der Waals surface area contributed by atoms with Gasteiger partial charge in [0, 0.05) is 28.6 Å². The molecule has 128 valence electrons. The van der Waals surface area contributed by atoms with Crippen LogP contribution in [0.1, 0.15) is 11.1 Å². The second-order valence-corrected chi connectivity index (χ2v) is 6.64. The molecule has 0 saturated heterocycles. The Morgan fingerprint density at radius 3 is 2.67 bits per heavy atom.